The molecular formula is C12H13BrN2. The Balaban J connectivity index is 2.21. The molecule has 0 radical (unpaired) electrons. The fourth-order valence-electron chi connectivity index (χ4n) is 1.72. The third-order valence-corrected chi connectivity index (χ3v) is 3.59. The second kappa shape index (κ2) is 3.86. The second-order valence-corrected chi connectivity index (χ2v) is 5.05. The molecule has 78 valence electrons. The van der Waals surface area contributed by atoms with Gasteiger partial charge in [0.25, 0.3) is 0 Å². The van der Waals surface area contributed by atoms with Gasteiger partial charge in [0.2, 0.25) is 0 Å². The van der Waals surface area contributed by atoms with Crippen molar-refractivity contribution in [3.63, 3.8) is 0 Å². The SMILES string of the molecule is CC(C#N)(Nc1ccccc1Br)C1CC1. The fourth-order valence-corrected chi connectivity index (χ4v) is 2.11. The minimum atomic E-state index is -0.427. The summed E-state index contributed by atoms with van der Waals surface area (Å²) in [6.07, 6.45) is 2.31. The smallest absolute Gasteiger partial charge is 0.125 e. The van der Waals surface area contributed by atoms with Crippen molar-refractivity contribution in [3.05, 3.63) is 28.7 Å². The van der Waals surface area contributed by atoms with E-state index in [4.69, 9.17) is 0 Å². The number of para-hydroxylation sites is 1. The van der Waals surface area contributed by atoms with Crippen LogP contribution in [0.5, 0.6) is 0 Å². The first kappa shape index (κ1) is 10.5. The van der Waals surface area contributed by atoms with Crippen molar-refractivity contribution in [1.29, 1.82) is 5.26 Å². The molecule has 1 fully saturated rings. The Labute approximate surface area is 98.4 Å². The molecule has 0 saturated heterocycles. The molecule has 1 atom stereocenters. The summed E-state index contributed by atoms with van der Waals surface area (Å²) in [5.41, 5.74) is 0.567. The van der Waals surface area contributed by atoms with Crippen LogP contribution in [0.2, 0.25) is 0 Å². The molecule has 1 saturated carbocycles. The molecule has 0 aromatic heterocycles. The first-order chi connectivity index (χ1) is 7.15. The number of halogens is 1. The summed E-state index contributed by atoms with van der Waals surface area (Å²) < 4.78 is 1.01. The molecular weight excluding hydrogens is 252 g/mol. The first-order valence-corrected chi connectivity index (χ1v) is 5.89. The highest BCUT2D eigenvalue weighted by molar-refractivity contribution is 9.10. The van der Waals surface area contributed by atoms with Crippen LogP contribution in [-0.4, -0.2) is 5.54 Å². The van der Waals surface area contributed by atoms with Crippen LogP contribution in [0.25, 0.3) is 0 Å². The third kappa shape index (κ3) is 2.15. The average Bonchev–Trinajstić information content (AvgIpc) is 3.05. The molecule has 0 heterocycles. The lowest BCUT2D eigenvalue weighted by Crippen LogP contribution is -2.35. The molecule has 0 bridgehead atoms. The molecule has 0 aliphatic heterocycles. The van der Waals surface area contributed by atoms with Gasteiger partial charge in [-0.3, -0.25) is 0 Å². The standard InChI is InChI=1S/C12H13BrN2/c1-12(8-14,9-6-7-9)15-11-5-3-2-4-10(11)13/h2-5,9,15H,6-7H2,1H3. The Morgan fingerprint density at radius 1 is 1.47 bits per heavy atom. The molecule has 15 heavy (non-hydrogen) atoms. The van der Waals surface area contributed by atoms with Crippen molar-refractivity contribution in [2.24, 2.45) is 5.92 Å². The van der Waals surface area contributed by atoms with Crippen molar-refractivity contribution in [2.45, 2.75) is 25.3 Å². The van der Waals surface area contributed by atoms with Crippen molar-refractivity contribution >= 4 is 21.6 Å². The van der Waals surface area contributed by atoms with Crippen LogP contribution in [0.3, 0.4) is 0 Å². The molecule has 1 aliphatic carbocycles. The Morgan fingerprint density at radius 2 is 2.13 bits per heavy atom. The van der Waals surface area contributed by atoms with Gasteiger partial charge in [0.1, 0.15) is 5.54 Å². The van der Waals surface area contributed by atoms with Crippen molar-refractivity contribution < 1.29 is 0 Å². The number of benzene rings is 1. The van der Waals surface area contributed by atoms with Gasteiger partial charge < -0.3 is 5.32 Å². The Hall–Kier alpha value is -1.01. The maximum absolute atomic E-state index is 9.22. The summed E-state index contributed by atoms with van der Waals surface area (Å²) in [4.78, 5) is 0. The Morgan fingerprint density at radius 3 is 2.67 bits per heavy atom. The van der Waals surface area contributed by atoms with Gasteiger partial charge in [-0.2, -0.15) is 5.26 Å². The first-order valence-electron chi connectivity index (χ1n) is 5.10. The number of hydrogen-bond donors (Lipinski definition) is 1. The van der Waals surface area contributed by atoms with Crippen LogP contribution >= 0.6 is 15.9 Å². The zero-order valence-corrected chi connectivity index (χ0v) is 10.2. The molecule has 1 aromatic rings. The van der Waals surface area contributed by atoms with E-state index >= 15 is 0 Å². The van der Waals surface area contributed by atoms with Gasteiger partial charge in [-0.1, -0.05) is 12.1 Å². The summed E-state index contributed by atoms with van der Waals surface area (Å²) in [7, 11) is 0. The summed E-state index contributed by atoms with van der Waals surface area (Å²) in [6, 6.07) is 10.3. The highest BCUT2D eigenvalue weighted by Gasteiger charge is 2.42. The topological polar surface area (TPSA) is 35.8 Å². The molecule has 0 spiro atoms. The zero-order chi connectivity index (χ0) is 10.9. The van der Waals surface area contributed by atoms with Crippen LogP contribution in [0, 0.1) is 17.2 Å². The normalized spacial score (nSPS) is 19.0. The van der Waals surface area contributed by atoms with E-state index in [1.807, 2.05) is 31.2 Å². The quantitative estimate of drug-likeness (QED) is 0.907. The molecule has 2 nitrogen and oxygen atoms in total. The van der Waals surface area contributed by atoms with E-state index in [-0.39, 0.29) is 0 Å². The highest BCUT2D eigenvalue weighted by atomic mass is 79.9. The van der Waals surface area contributed by atoms with E-state index in [0.717, 1.165) is 23.0 Å². The maximum Gasteiger partial charge on any atom is 0.125 e. The Bertz CT molecular complexity index is 406. The van der Waals surface area contributed by atoms with E-state index < -0.39 is 5.54 Å². The van der Waals surface area contributed by atoms with Gasteiger partial charge in [0, 0.05) is 10.2 Å². The van der Waals surface area contributed by atoms with Gasteiger partial charge in [0.15, 0.2) is 0 Å². The predicted octanol–water partition coefficient (Wildman–Crippen LogP) is 3.55. The lowest BCUT2D eigenvalue weighted by molar-refractivity contribution is 0.566. The van der Waals surface area contributed by atoms with Crippen LogP contribution in [0.1, 0.15) is 19.8 Å². The molecule has 0 amide bonds. The van der Waals surface area contributed by atoms with Crippen LogP contribution in [0.15, 0.2) is 28.7 Å². The predicted molar refractivity (Wildman–Crippen MR) is 64.5 cm³/mol. The minimum absolute atomic E-state index is 0.427. The van der Waals surface area contributed by atoms with Crippen molar-refractivity contribution in [3.8, 4) is 6.07 Å². The number of nitriles is 1. The van der Waals surface area contributed by atoms with E-state index in [1.165, 1.54) is 0 Å². The summed E-state index contributed by atoms with van der Waals surface area (Å²) >= 11 is 3.48. The number of anilines is 1. The van der Waals surface area contributed by atoms with E-state index in [2.05, 4.69) is 27.3 Å². The average molecular weight is 265 g/mol. The number of rotatable bonds is 3. The number of hydrogen-bond acceptors (Lipinski definition) is 2. The fraction of sp³-hybridized carbons (Fsp3) is 0.417. The lowest BCUT2D eigenvalue weighted by atomic mass is 9.97. The molecule has 1 unspecified atom stereocenters. The highest BCUT2D eigenvalue weighted by Crippen LogP contribution is 2.41. The Kier molecular flexibility index (Phi) is 2.70. The second-order valence-electron chi connectivity index (χ2n) is 4.19. The van der Waals surface area contributed by atoms with Gasteiger partial charge in [-0.25, -0.2) is 0 Å². The van der Waals surface area contributed by atoms with Crippen LogP contribution in [0.4, 0.5) is 5.69 Å². The van der Waals surface area contributed by atoms with Crippen LogP contribution in [-0.2, 0) is 0 Å². The lowest BCUT2D eigenvalue weighted by Gasteiger charge is -2.24. The molecule has 1 N–H and O–H groups in total. The van der Waals surface area contributed by atoms with Crippen LogP contribution < -0.4 is 5.32 Å². The van der Waals surface area contributed by atoms with E-state index in [0.29, 0.717) is 5.92 Å². The number of nitrogens with one attached hydrogen (secondary N) is 1. The largest absolute Gasteiger partial charge is 0.366 e. The molecule has 2 rings (SSSR count). The number of nitrogens with zero attached hydrogens (tertiary/aromatic N) is 1. The van der Waals surface area contributed by atoms with E-state index in [1.54, 1.807) is 0 Å². The molecule has 1 aliphatic rings. The van der Waals surface area contributed by atoms with Gasteiger partial charge in [-0.15, -0.1) is 0 Å². The van der Waals surface area contributed by atoms with Gasteiger partial charge in [0.05, 0.1) is 6.07 Å². The molecule has 1 aromatic carbocycles. The van der Waals surface area contributed by atoms with Crippen molar-refractivity contribution in [2.75, 3.05) is 5.32 Å². The monoisotopic (exact) mass is 264 g/mol. The van der Waals surface area contributed by atoms with Crippen molar-refractivity contribution in [1.82, 2.24) is 0 Å². The van der Waals surface area contributed by atoms with Gasteiger partial charge >= 0.3 is 0 Å². The maximum atomic E-state index is 9.22. The molecule has 3 heteroatoms. The summed E-state index contributed by atoms with van der Waals surface area (Å²) in [5, 5.41) is 12.5. The minimum Gasteiger partial charge on any atom is -0.366 e. The van der Waals surface area contributed by atoms with Gasteiger partial charge in [-0.05, 0) is 53.7 Å². The zero-order valence-electron chi connectivity index (χ0n) is 8.63. The summed E-state index contributed by atoms with van der Waals surface area (Å²) in [6.45, 7) is 1.98. The summed E-state index contributed by atoms with van der Waals surface area (Å²) in [5.74, 6) is 0.495. The third-order valence-electron chi connectivity index (χ3n) is 2.89. The van der Waals surface area contributed by atoms with E-state index in [9.17, 15) is 5.26 Å².